The van der Waals surface area contributed by atoms with Gasteiger partial charge in [0.25, 0.3) is 0 Å². The summed E-state index contributed by atoms with van der Waals surface area (Å²) < 4.78 is 36.6. The highest BCUT2D eigenvalue weighted by molar-refractivity contribution is 6.06. The number of ether oxygens (including phenoxy) is 3. The minimum Gasteiger partial charge on any atom is -0.486 e. The standard InChI is InChI=1S/C48H57FN10O4/c1-26(2)44(47(60)58-17-7-8-27(58)3)59-23-40(55-56-59)32-11-9-30(10-12-32)25-62-45-42(41-29(5)38(49)19-39-37(41)20-50-54-39)35(31-13-14-31)18-36-43(45)52-48(63-24-28(4)61-6)53-46(36)57-21-33-15-16-34(22-57)51-33/h9-12,18-20,23,26-28,31,33-34,44,51H,7-8,13-17,21-22,24-25H2,1-6H3,(H,50,54)/t27?,28-,33?,34?,44?/m0/s1. The lowest BCUT2D eigenvalue weighted by molar-refractivity contribution is -0.137. The number of H-pyrrole nitrogens is 1. The Morgan fingerprint density at radius 3 is 2.44 bits per heavy atom. The van der Waals surface area contributed by atoms with Crippen LogP contribution in [0.25, 0.3) is 44.2 Å². The Morgan fingerprint density at radius 1 is 0.968 bits per heavy atom. The number of aromatic nitrogens is 7. The summed E-state index contributed by atoms with van der Waals surface area (Å²) >= 11 is 0. The van der Waals surface area contributed by atoms with Crippen LogP contribution < -0.4 is 19.7 Å². The molecule has 10 rings (SSSR count). The third-order valence-corrected chi connectivity index (χ3v) is 13.7. The lowest BCUT2D eigenvalue weighted by Gasteiger charge is -2.34. The van der Waals surface area contributed by atoms with E-state index in [-0.39, 0.29) is 54.9 Å². The average Bonchev–Trinajstić information content (AvgIpc) is 3.54. The van der Waals surface area contributed by atoms with Crippen molar-refractivity contribution in [1.29, 1.82) is 0 Å². The molecule has 15 heteroatoms. The number of anilines is 1. The van der Waals surface area contributed by atoms with E-state index in [4.69, 9.17) is 24.2 Å². The summed E-state index contributed by atoms with van der Waals surface area (Å²) in [6, 6.07) is 12.6. The second kappa shape index (κ2) is 16.8. The fourth-order valence-electron chi connectivity index (χ4n) is 9.96. The maximum absolute atomic E-state index is 16.0. The molecule has 0 radical (unpaired) electrons. The summed E-state index contributed by atoms with van der Waals surface area (Å²) in [4.78, 5) is 28.3. The molecule has 1 amide bonds. The van der Waals surface area contributed by atoms with Crippen molar-refractivity contribution in [3.63, 3.8) is 0 Å². The topological polar surface area (TPSA) is 148 Å². The molecule has 2 N–H and O–H groups in total. The Hall–Kier alpha value is -5.67. The van der Waals surface area contributed by atoms with Gasteiger partial charge < -0.3 is 29.3 Å². The number of likely N-dealkylation sites (tertiary alicyclic amines) is 1. The zero-order valence-electron chi connectivity index (χ0n) is 37.0. The smallest absolute Gasteiger partial charge is 0.319 e. The summed E-state index contributed by atoms with van der Waals surface area (Å²) in [5.41, 5.74) is 6.87. The van der Waals surface area contributed by atoms with Crippen LogP contribution in [0.4, 0.5) is 10.2 Å². The number of fused-ring (bicyclic) bond motifs is 4. The number of aromatic amines is 1. The highest BCUT2D eigenvalue weighted by Crippen LogP contribution is 2.53. The van der Waals surface area contributed by atoms with Gasteiger partial charge in [-0.3, -0.25) is 9.89 Å². The van der Waals surface area contributed by atoms with Crippen molar-refractivity contribution in [2.24, 2.45) is 5.92 Å². The van der Waals surface area contributed by atoms with Crippen molar-refractivity contribution < 1.29 is 23.4 Å². The van der Waals surface area contributed by atoms with Crippen LogP contribution in [0, 0.1) is 18.7 Å². The molecule has 330 valence electrons. The number of hydrogen-bond donors (Lipinski definition) is 2. The number of carbonyl (C=O) groups is 1. The van der Waals surface area contributed by atoms with E-state index in [0.717, 1.165) is 103 Å². The predicted molar refractivity (Wildman–Crippen MR) is 239 cm³/mol. The third kappa shape index (κ3) is 7.87. The van der Waals surface area contributed by atoms with E-state index >= 15 is 4.39 Å². The van der Waals surface area contributed by atoms with E-state index in [1.807, 2.05) is 49.2 Å². The number of nitrogens with zero attached hydrogens (tertiary/aromatic N) is 8. The number of halogens is 1. The number of carbonyl (C=O) groups excluding carboxylic acids is 1. The van der Waals surface area contributed by atoms with E-state index in [1.165, 1.54) is 6.07 Å². The van der Waals surface area contributed by atoms with Gasteiger partial charge in [-0.25, -0.2) is 9.07 Å². The molecule has 1 saturated carbocycles. The zero-order valence-corrected chi connectivity index (χ0v) is 37.0. The van der Waals surface area contributed by atoms with E-state index in [2.05, 4.69) is 57.6 Å². The van der Waals surface area contributed by atoms with Crippen molar-refractivity contribution in [1.82, 2.24) is 45.4 Å². The van der Waals surface area contributed by atoms with E-state index in [0.29, 0.717) is 40.1 Å². The minimum absolute atomic E-state index is 0.0458. The quantitative estimate of drug-likeness (QED) is 0.110. The zero-order chi connectivity index (χ0) is 43.5. The summed E-state index contributed by atoms with van der Waals surface area (Å²) in [5.74, 6) is 1.45. The van der Waals surface area contributed by atoms with Crippen LogP contribution in [0.1, 0.15) is 94.9 Å². The lowest BCUT2D eigenvalue weighted by Crippen LogP contribution is -2.51. The third-order valence-electron chi connectivity index (χ3n) is 13.7. The van der Waals surface area contributed by atoms with Crippen LogP contribution >= 0.6 is 0 Å². The first kappa shape index (κ1) is 41.3. The van der Waals surface area contributed by atoms with Gasteiger partial charge in [-0.1, -0.05) is 43.3 Å². The molecule has 6 aromatic rings. The van der Waals surface area contributed by atoms with Crippen LogP contribution in [0.5, 0.6) is 11.8 Å². The molecule has 3 aromatic heterocycles. The molecule has 14 nitrogen and oxygen atoms in total. The number of methoxy groups -OCH3 is 1. The second-order valence-electron chi connectivity index (χ2n) is 18.5. The number of hydrogen-bond acceptors (Lipinski definition) is 11. The maximum Gasteiger partial charge on any atom is 0.319 e. The van der Waals surface area contributed by atoms with Gasteiger partial charge in [-0.05, 0) is 100.0 Å². The van der Waals surface area contributed by atoms with Gasteiger partial charge in [0.2, 0.25) is 5.91 Å². The van der Waals surface area contributed by atoms with Gasteiger partial charge in [0, 0.05) is 72.3 Å². The van der Waals surface area contributed by atoms with Gasteiger partial charge >= 0.3 is 6.01 Å². The molecule has 6 heterocycles. The van der Waals surface area contributed by atoms with Crippen LogP contribution in [-0.2, 0) is 16.1 Å². The van der Waals surface area contributed by atoms with Crippen molar-refractivity contribution in [2.75, 3.05) is 38.3 Å². The molecular weight excluding hydrogens is 800 g/mol. The number of amides is 1. The molecule has 63 heavy (non-hydrogen) atoms. The van der Waals surface area contributed by atoms with E-state index < -0.39 is 6.04 Å². The van der Waals surface area contributed by atoms with Gasteiger partial charge in [-0.2, -0.15) is 15.1 Å². The summed E-state index contributed by atoms with van der Waals surface area (Å²) in [6.45, 7) is 12.9. The van der Waals surface area contributed by atoms with Gasteiger partial charge in [-0.15, -0.1) is 5.10 Å². The lowest BCUT2D eigenvalue weighted by atomic mass is 9.88. The Morgan fingerprint density at radius 2 is 1.75 bits per heavy atom. The molecule has 3 saturated heterocycles. The summed E-state index contributed by atoms with van der Waals surface area (Å²) in [6.07, 6.45) is 9.78. The molecule has 2 bridgehead atoms. The van der Waals surface area contributed by atoms with E-state index in [1.54, 1.807) is 18.0 Å². The first-order valence-corrected chi connectivity index (χ1v) is 22.7. The molecule has 3 aliphatic heterocycles. The Labute approximate surface area is 366 Å². The van der Waals surface area contributed by atoms with Crippen molar-refractivity contribution in [3.8, 4) is 34.1 Å². The summed E-state index contributed by atoms with van der Waals surface area (Å²) in [7, 11) is 1.66. The minimum atomic E-state index is -0.430. The first-order valence-electron chi connectivity index (χ1n) is 22.7. The van der Waals surface area contributed by atoms with Crippen LogP contribution in [0.3, 0.4) is 0 Å². The molecule has 4 fully saturated rings. The number of nitrogens with one attached hydrogen (secondary N) is 2. The normalized spacial score (nSPS) is 20.9. The highest BCUT2D eigenvalue weighted by atomic mass is 19.1. The van der Waals surface area contributed by atoms with Gasteiger partial charge in [0.05, 0.1) is 24.0 Å². The van der Waals surface area contributed by atoms with Crippen molar-refractivity contribution in [2.45, 2.75) is 116 Å². The van der Waals surface area contributed by atoms with Crippen LogP contribution in [-0.4, -0.2) is 104 Å². The van der Waals surface area contributed by atoms with E-state index in [9.17, 15) is 4.79 Å². The average molecular weight is 857 g/mol. The largest absolute Gasteiger partial charge is 0.486 e. The highest BCUT2D eigenvalue weighted by Gasteiger charge is 2.38. The molecule has 4 aliphatic rings. The maximum atomic E-state index is 16.0. The van der Waals surface area contributed by atoms with Crippen molar-refractivity contribution >= 4 is 33.5 Å². The number of rotatable bonds is 14. The molecule has 1 aliphatic carbocycles. The Balaban J connectivity index is 1.05. The monoisotopic (exact) mass is 856 g/mol. The van der Waals surface area contributed by atoms with Gasteiger partial charge in [0.15, 0.2) is 5.75 Å². The molecular formula is C48H57FN10O4. The van der Waals surface area contributed by atoms with Crippen molar-refractivity contribution in [3.05, 3.63) is 71.3 Å². The SMILES string of the molecule is CO[C@@H](C)COc1nc(N2CC3CCC(C2)N3)c2cc(C3CC3)c(-c3c(C)c(F)cc4[nH]ncc34)c(OCc3ccc(-c4cn(C(C(=O)N5CCCC5C)C(C)C)nn4)cc3)c2n1. The van der Waals surface area contributed by atoms with Crippen LogP contribution in [0.15, 0.2) is 48.8 Å². The fraction of sp³-hybridized carbons (Fsp3) is 0.500. The number of piperazine rings is 1. The first-order chi connectivity index (χ1) is 30.5. The summed E-state index contributed by atoms with van der Waals surface area (Å²) in [5, 5.41) is 21.8. The van der Waals surface area contributed by atoms with Crippen LogP contribution in [0.2, 0.25) is 0 Å². The predicted octanol–water partition coefficient (Wildman–Crippen LogP) is 7.90. The molecule has 5 atom stereocenters. The molecule has 4 unspecified atom stereocenters. The molecule has 3 aromatic carbocycles. The second-order valence-corrected chi connectivity index (χ2v) is 18.5. The number of benzene rings is 3. The Kier molecular flexibility index (Phi) is 11.0. The molecule has 0 spiro atoms. The fourth-order valence-corrected chi connectivity index (χ4v) is 9.96. The Bertz CT molecular complexity index is 2650. The van der Waals surface area contributed by atoms with Gasteiger partial charge in [0.1, 0.15) is 42.1 Å².